The molecule has 1 aliphatic rings. The van der Waals surface area contributed by atoms with Crippen LogP contribution in [0.1, 0.15) is 33.5 Å². The summed E-state index contributed by atoms with van der Waals surface area (Å²) in [6, 6.07) is 6.32. The number of sulfonamides is 1. The zero-order chi connectivity index (χ0) is 23.8. The standard InChI is InChI=1S/C20H19N5O6S2/c1-3-30-20(27)16-10(2)15-17(21)23-13(24-19(15)32-16)9-31-14(26)8-22-18-11-6-4-5-7-12(11)33(28,29)25-18/h4-7H,3,8-9H2,1-2H3,(H,22,25)(H2,21,23,24). The number of carbonyl (C=O) groups excluding carboxylic acids is 2. The summed E-state index contributed by atoms with van der Waals surface area (Å²) in [6.07, 6.45) is 0. The van der Waals surface area contributed by atoms with Crippen molar-refractivity contribution in [2.45, 2.75) is 25.3 Å². The van der Waals surface area contributed by atoms with E-state index in [1.54, 1.807) is 32.0 Å². The van der Waals surface area contributed by atoms with E-state index in [1.807, 2.05) is 0 Å². The lowest BCUT2D eigenvalue weighted by atomic mass is 10.2. The number of aliphatic imine (C=N–C) groups is 1. The lowest BCUT2D eigenvalue weighted by Gasteiger charge is -2.05. The van der Waals surface area contributed by atoms with Gasteiger partial charge >= 0.3 is 11.9 Å². The smallest absolute Gasteiger partial charge is 0.348 e. The van der Waals surface area contributed by atoms with Gasteiger partial charge in [0, 0.05) is 5.56 Å². The van der Waals surface area contributed by atoms with Gasteiger partial charge in [-0.05, 0) is 31.5 Å². The van der Waals surface area contributed by atoms with Crippen LogP contribution in [-0.2, 0) is 30.9 Å². The number of benzene rings is 1. The van der Waals surface area contributed by atoms with E-state index in [4.69, 9.17) is 15.2 Å². The molecule has 0 radical (unpaired) electrons. The van der Waals surface area contributed by atoms with Crippen molar-refractivity contribution in [3.8, 4) is 0 Å². The van der Waals surface area contributed by atoms with Gasteiger partial charge in [0.05, 0.1) is 16.9 Å². The van der Waals surface area contributed by atoms with Gasteiger partial charge in [0.2, 0.25) is 0 Å². The molecule has 0 unspecified atom stereocenters. The predicted octanol–water partition coefficient (Wildman–Crippen LogP) is 1.54. The Morgan fingerprint density at radius 1 is 1.21 bits per heavy atom. The summed E-state index contributed by atoms with van der Waals surface area (Å²) in [7, 11) is -3.69. The Hall–Kier alpha value is -3.58. The second kappa shape index (κ2) is 8.75. The number of hydrogen-bond acceptors (Lipinski definition) is 11. The van der Waals surface area contributed by atoms with Gasteiger partial charge < -0.3 is 15.2 Å². The fourth-order valence-electron chi connectivity index (χ4n) is 3.26. The van der Waals surface area contributed by atoms with Gasteiger partial charge in [0.1, 0.15) is 27.9 Å². The summed E-state index contributed by atoms with van der Waals surface area (Å²) in [5.74, 6) is -0.779. The highest BCUT2D eigenvalue weighted by Crippen LogP contribution is 2.33. The minimum Gasteiger partial charge on any atom is -0.462 e. The second-order valence-electron chi connectivity index (χ2n) is 6.91. The molecular formula is C20H19N5O6S2. The van der Waals surface area contributed by atoms with Gasteiger partial charge in [-0.25, -0.2) is 23.2 Å². The highest BCUT2D eigenvalue weighted by molar-refractivity contribution is 7.90. The first-order valence-electron chi connectivity index (χ1n) is 9.76. The number of thiophene rings is 1. The van der Waals surface area contributed by atoms with Crippen LogP contribution in [0.3, 0.4) is 0 Å². The van der Waals surface area contributed by atoms with Crippen LogP contribution >= 0.6 is 11.3 Å². The molecule has 0 amide bonds. The summed E-state index contributed by atoms with van der Waals surface area (Å²) in [4.78, 5) is 37.8. The summed E-state index contributed by atoms with van der Waals surface area (Å²) in [5, 5.41) is 0.553. The Morgan fingerprint density at radius 2 is 1.97 bits per heavy atom. The monoisotopic (exact) mass is 489 g/mol. The van der Waals surface area contributed by atoms with E-state index >= 15 is 0 Å². The van der Waals surface area contributed by atoms with Crippen LogP contribution in [0.5, 0.6) is 0 Å². The Labute approximate surface area is 192 Å². The molecule has 33 heavy (non-hydrogen) atoms. The fraction of sp³-hybridized carbons (Fsp3) is 0.250. The highest BCUT2D eigenvalue weighted by Gasteiger charge is 2.30. The highest BCUT2D eigenvalue weighted by atomic mass is 32.2. The van der Waals surface area contributed by atoms with Crippen molar-refractivity contribution in [1.82, 2.24) is 14.7 Å². The maximum absolute atomic E-state index is 12.2. The topological polar surface area (TPSA) is 163 Å². The van der Waals surface area contributed by atoms with Crippen molar-refractivity contribution in [2.24, 2.45) is 4.99 Å². The zero-order valence-corrected chi connectivity index (χ0v) is 19.2. The van der Waals surface area contributed by atoms with E-state index in [1.165, 1.54) is 6.07 Å². The lowest BCUT2D eigenvalue weighted by molar-refractivity contribution is -0.143. The van der Waals surface area contributed by atoms with E-state index in [0.717, 1.165) is 11.3 Å². The number of fused-ring (bicyclic) bond motifs is 2. The van der Waals surface area contributed by atoms with Gasteiger partial charge in [-0.1, -0.05) is 12.1 Å². The molecule has 1 aliphatic heterocycles. The number of rotatable bonds is 6. The molecule has 3 heterocycles. The van der Waals surface area contributed by atoms with Crippen LogP contribution in [0, 0.1) is 6.92 Å². The lowest BCUT2D eigenvalue weighted by Crippen LogP contribution is -2.23. The van der Waals surface area contributed by atoms with E-state index in [2.05, 4.69) is 19.7 Å². The zero-order valence-electron chi connectivity index (χ0n) is 17.6. The van der Waals surface area contributed by atoms with Crippen molar-refractivity contribution in [1.29, 1.82) is 0 Å². The van der Waals surface area contributed by atoms with E-state index in [-0.39, 0.29) is 35.6 Å². The molecule has 4 rings (SSSR count). The number of amidine groups is 1. The number of esters is 2. The number of carbonyl (C=O) groups is 2. The van der Waals surface area contributed by atoms with Crippen LogP contribution in [0.4, 0.5) is 5.82 Å². The second-order valence-corrected chi connectivity index (χ2v) is 9.56. The van der Waals surface area contributed by atoms with Crippen molar-refractivity contribution in [3.63, 3.8) is 0 Å². The number of aromatic nitrogens is 2. The number of hydrogen-bond donors (Lipinski definition) is 2. The first-order chi connectivity index (χ1) is 15.7. The summed E-state index contributed by atoms with van der Waals surface area (Å²) in [6.45, 7) is 3.02. The molecule has 0 atom stereocenters. The molecule has 172 valence electrons. The predicted molar refractivity (Wildman–Crippen MR) is 120 cm³/mol. The van der Waals surface area contributed by atoms with Gasteiger partial charge in [0.25, 0.3) is 10.0 Å². The van der Waals surface area contributed by atoms with Crippen molar-refractivity contribution < 1.29 is 27.5 Å². The Kier molecular flexibility index (Phi) is 5.99. The molecule has 3 N–H and O–H groups in total. The van der Waals surface area contributed by atoms with E-state index in [9.17, 15) is 18.0 Å². The molecule has 11 nitrogen and oxygen atoms in total. The summed E-state index contributed by atoms with van der Waals surface area (Å²) < 4.78 is 36.7. The molecule has 0 aliphatic carbocycles. The van der Waals surface area contributed by atoms with Crippen LogP contribution in [0.25, 0.3) is 10.2 Å². The van der Waals surface area contributed by atoms with Crippen LogP contribution < -0.4 is 10.5 Å². The SMILES string of the molecule is CCOC(=O)c1sc2nc(COC(=O)CN=C3NS(=O)(=O)c4ccccc43)nc(N)c2c1C. The first-order valence-corrected chi connectivity index (χ1v) is 12.1. The largest absolute Gasteiger partial charge is 0.462 e. The minimum absolute atomic E-state index is 0.0741. The van der Waals surface area contributed by atoms with Crippen LogP contribution in [0.15, 0.2) is 34.2 Å². The quantitative estimate of drug-likeness (QED) is 0.489. The average molecular weight is 490 g/mol. The maximum Gasteiger partial charge on any atom is 0.348 e. The van der Waals surface area contributed by atoms with Crippen molar-refractivity contribution >= 4 is 55.2 Å². The molecule has 0 saturated carbocycles. The molecule has 13 heteroatoms. The molecule has 0 spiro atoms. The number of nitrogens with one attached hydrogen (secondary N) is 1. The number of nitrogen functional groups attached to an aromatic ring is 1. The molecule has 2 aromatic heterocycles. The third kappa shape index (κ3) is 4.36. The Bertz CT molecular complexity index is 1410. The van der Waals surface area contributed by atoms with Crippen molar-refractivity contribution in [3.05, 3.63) is 46.1 Å². The minimum atomic E-state index is -3.69. The van der Waals surface area contributed by atoms with E-state index < -0.39 is 28.5 Å². The third-order valence-electron chi connectivity index (χ3n) is 4.72. The fourth-order valence-corrected chi connectivity index (χ4v) is 5.61. The normalized spacial score (nSPS) is 15.3. The summed E-state index contributed by atoms with van der Waals surface area (Å²) >= 11 is 1.12. The molecule has 0 bridgehead atoms. The molecular weight excluding hydrogens is 470 g/mol. The number of nitrogens with two attached hydrogens (primary N) is 1. The van der Waals surface area contributed by atoms with Crippen molar-refractivity contribution in [2.75, 3.05) is 18.9 Å². The van der Waals surface area contributed by atoms with Gasteiger partial charge in [-0.3, -0.25) is 14.5 Å². The number of ether oxygens (including phenoxy) is 2. The molecule has 1 aromatic carbocycles. The number of nitrogens with zero attached hydrogens (tertiary/aromatic N) is 3. The van der Waals surface area contributed by atoms with Crippen LogP contribution in [-0.4, -0.2) is 49.3 Å². The van der Waals surface area contributed by atoms with E-state index in [0.29, 0.717) is 26.2 Å². The van der Waals surface area contributed by atoms with Gasteiger partial charge in [0.15, 0.2) is 12.4 Å². The summed E-state index contributed by atoms with van der Waals surface area (Å²) in [5.41, 5.74) is 7.06. The third-order valence-corrected chi connectivity index (χ3v) is 7.28. The average Bonchev–Trinajstić information content (AvgIpc) is 3.25. The molecule has 0 fully saturated rings. The maximum atomic E-state index is 12.2. The molecule has 0 saturated heterocycles. The Balaban J connectivity index is 1.46. The van der Waals surface area contributed by atoms with Gasteiger partial charge in [-0.2, -0.15) is 0 Å². The van der Waals surface area contributed by atoms with Crippen LogP contribution in [0.2, 0.25) is 0 Å². The number of aryl methyl sites for hydroxylation is 1. The Morgan fingerprint density at radius 3 is 2.73 bits per heavy atom. The number of anilines is 1. The molecule has 3 aromatic rings. The van der Waals surface area contributed by atoms with Gasteiger partial charge in [-0.15, -0.1) is 11.3 Å². The first kappa shape index (κ1) is 22.6.